The van der Waals surface area contributed by atoms with Crippen LogP contribution >= 0.6 is 11.6 Å². The first-order valence-electron chi connectivity index (χ1n) is 15.0. The summed E-state index contributed by atoms with van der Waals surface area (Å²) < 4.78 is 6.20. The van der Waals surface area contributed by atoms with Crippen LogP contribution in [0.2, 0.25) is 5.02 Å². The summed E-state index contributed by atoms with van der Waals surface area (Å²) in [5, 5.41) is 9.75. The van der Waals surface area contributed by atoms with Crippen molar-refractivity contribution in [3.63, 3.8) is 0 Å². The zero-order chi connectivity index (χ0) is 28.5. The zero-order valence-corrected chi connectivity index (χ0v) is 24.6. The predicted octanol–water partition coefficient (Wildman–Crippen LogP) is 4.58. The number of piperazine rings is 1. The molecule has 3 fully saturated rings. The Kier molecular flexibility index (Phi) is 11.3. The van der Waals surface area contributed by atoms with Crippen molar-refractivity contribution in [2.75, 3.05) is 39.3 Å². The molecule has 8 nitrogen and oxygen atoms in total. The lowest BCUT2D eigenvalue weighted by atomic mass is 9.76. The van der Waals surface area contributed by atoms with Crippen LogP contribution in [0.3, 0.4) is 0 Å². The quantitative estimate of drug-likeness (QED) is 0.332. The van der Waals surface area contributed by atoms with E-state index in [0.29, 0.717) is 48.7 Å². The second-order valence-corrected chi connectivity index (χ2v) is 11.9. The highest BCUT2D eigenvalue weighted by molar-refractivity contribution is 6.32. The minimum Gasteiger partial charge on any atom is -0.489 e. The number of rotatable bonds is 9. The SMILES string of the molecule is C[C@@H]1C[C@H](Oc2ccccc2Cl)CCC1CCCCN=C1CCCC/C1=C(/N)C(=O)N1CCN(C(=O)CO)CC1. The highest BCUT2D eigenvalue weighted by Crippen LogP contribution is 2.36. The number of hydrogen-bond donors (Lipinski definition) is 2. The number of halogens is 1. The Balaban J connectivity index is 1.22. The normalized spacial score (nSPS) is 26.1. The van der Waals surface area contributed by atoms with Gasteiger partial charge in [-0.2, -0.15) is 0 Å². The fraction of sp³-hybridized carbons (Fsp3) is 0.645. The average molecular weight is 573 g/mol. The zero-order valence-electron chi connectivity index (χ0n) is 23.8. The third kappa shape index (κ3) is 8.00. The van der Waals surface area contributed by atoms with E-state index in [1.165, 1.54) is 12.8 Å². The molecule has 0 bridgehead atoms. The molecule has 0 spiro atoms. The number of aliphatic hydroxyl groups is 1. The molecule has 1 aromatic rings. The number of benzene rings is 1. The summed E-state index contributed by atoms with van der Waals surface area (Å²) in [4.78, 5) is 33.1. The summed E-state index contributed by atoms with van der Waals surface area (Å²) in [5.41, 5.74) is 8.63. The number of allylic oxidation sites excluding steroid dienone is 1. The number of nitrogens with zero attached hydrogens (tertiary/aromatic N) is 3. The van der Waals surface area contributed by atoms with Gasteiger partial charge in [-0.15, -0.1) is 0 Å². The van der Waals surface area contributed by atoms with Gasteiger partial charge < -0.3 is 25.4 Å². The van der Waals surface area contributed by atoms with E-state index in [9.17, 15) is 9.59 Å². The highest BCUT2D eigenvalue weighted by atomic mass is 35.5. The minimum atomic E-state index is -0.500. The van der Waals surface area contributed by atoms with Crippen molar-refractivity contribution in [1.82, 2.24) is 9.80 Å². The van der Waals surface area contributed by atoms with Crippen LogP contribution in [0, 0.1) is 11.8 Å². The van der Waals surface area contributed by atoms with Gasteiger partial charge in [0.25, 0.3) is 5.91 Å². The van der Waals surface area contributed by atoms with E-state index in [1.54, 1.807) is 9.80 Å². The van der Waals surface area contributed by atoms with Gasteiger partial charge in [-0.3, -0.25) is 14.6 Å². The minimum absolute atomic E-state index is 0.163. The second-order valence-electron chi connectivity index (χ2n) is 11.5. The van der Waals surface area contributed by atoms with Gasteiger partial charge in [-0.05, 0) is 75.3 Å². The predicted molar refractivity (Wildman–Crippen MR) is 158 cm³/mol. The lowest BCUT2D eigenvalue weighted by molar-refractivity contribution is -0.139. The van der Waals surface area contributed by atoms with E-state index in [4.69, 9.17) is 32.2 Å². The second kappa shape index (κ2) is 14.9. The summed E-state index contributed by atoms with van der Waals surface area (Å²) in [6.45, 7) is 4.30. The monoisotopic (exact) mass is 572 g/mol. The first-order chi connectivity index (χ1) is 19.4. The number of carbonyl (C=O) groups excluding carboxylic acids is 2. The van der Waals surface area contributed by atoms with Crippen LogP contribution in [-0.2, 0) is 9.59 Å². The lowest BCUT2D eigenvalue weighted by Crippen LogP contribution is -2.52. The Hall–Kier alpha value is -2.58. The molecule has 9 heteroatoms. The number of ether oxygens (including phenoxy) is 1. The molecule has 3 N–H and O–H groups in total. The number of aliphatic hydroxyl groups excluding tert-OH is 1. The molecule has 2 amide bonds. The molecule has 0 aromatic heterocycles. The Morgan fingerprint density at radius 2 is 1.80 bits per heavy atom. The fourth-order valence-electron chi connectivity index (χ4n) is 6.31. The maximum absolute atomic E-state index is 13.1. The Morgan fingerprint density at radius 1 is 1.07 bits per heavy atom. The van der Waals surface area contributed by atoms with Crippen molar-refractivity contribution >= 4 is 29.1 Å². The molecule has 3 atom stereocenters. The first kappa shape index (κ1) is 30.4. The molecule has 3 aliphatic rings. The van der Waals surface area contributed by atoms with E-state index >= 15 is 0 Å². The smallest absolute Gasteiger partial charge is 0.270 e. The van der Waals surface area contributed by atoms with Crippen LogP contribution in [0.15, 0.2) is 40.5 Å². The topological polar surface area (TPSA) is 108 Å². The summed E-state index contributed by atoms with van der Waals surface area (Å²) in [5.74, 6) is 1.66. The van der Waals surface area contributed by atoms with E-state index in [1.807, 2.05) is 24.3 Å². The van der Waals surface area contributed by atoms with Crippen molar-refractivity contribution in [1.29, 1.82) is 0 Å². The average Bonchev–Trinajstić information content (AvgIpc) is 2.98. The van der Waals surface area contributed by atoms with Crippen LogP contribution in [0.25, 0.3) is 0 Å². The molecular formula is C31H45ClN4O4. The van der Waals surface area contributed by atoms with Crippen molar-refractivity contribution in [2.24, 2.45) is 22.6 Å². The van der Waals surface area contributed by atoms with Gasteiger partial charge in [0.1, 0.15) is 18.1 Å². The van der Waals surface area contributed by atoms with Crippen molar-refractivity contribution in [2.45, 2.75) is 77.2 Å². The molecule has 2 saturated carbocycles. The first-order valence-corrected chi connectivity index (χ1v) is 15.4. The molecule has 1 aliphatic heterocycles. The number of carbonyl (C=O) groups is 2. The molecule has 2 aliphatic carbocycles. The van der Waals surface area contributed by atoms with E-state index in [2.05, 4.69) is 6.92 Å². The highest BCUT2D eigenvalue weighted by Gasteiger charge is 2.29. The van der Waals surface area contributed by atoms with Gasteiger partial charge in [0.05, 0.1) is 11.1 Å². The maximum Gasteiger partial charge on any atom is 0.270 e. The summed E-state index contributed by atoms with van der Waals surface area (Å²) in [7, 11) is 0. The number of unbranched alkanes of at least 4 members (excludes halogenated alkanes) is 1. The number of para-hydroxylation sites is 1. The molecular weight excluding hydrogens is 528 g/mol. The lowest BCUT2D eigenvalue weighted by Gasteiger charge is -2.35. The summed E-state index contributed by atoms with van der Waals surface area (Å²) >= 11 is 6.28. The Bertz CT molecular complexity index is 1080. The van der Waals surface area contributed by atoms with Gasteiger partial charge in [0, 0.05) is 44.0 Å². The molecule has 40 heavy (non-hydrogen) atoms. The van der Waals surface area contributed by atoms with Gasteiger partial charge in [0.15, 0.2) is 0 Å². The third-order valence-electron chi connectivity index (χ3n) is 8.76. The molecule has 1 unspecified atom stereocenters. The molecule has 1 aromatic carbocycles. The standard InChI is InChI=1S/C31H45ClN4O4/c1-22-20-24(40-28-12-5-3-10-26(28)32)14-13-23(22)8-6-7-15-34-27-11-4-2-9-25(27)30(33)31(39)36-18-16-35(17-19-36)29(38)21-37/h3,5,10,12,22-24,37H,2,4,6-9,11,13-21,33H2,1H3/b30-25-,34-27?/t22-,23?,24-/m1/s1. The van der Waals surface area contributed by atoms with Gasteiger partial charge in [-0.25, -0.2) is 0 Å². The molecule has 0 radical (unpaired) electrons. The number of hydrogen-bond acceptors (Lipinski definition) is 6. The summed E-state index contributed by atoms with van der Waals surface area (Å²) in [6, 6.07) is 7.71. The Labute approximate surface area is 243 Å². The molecule has 220 valence electrons. The summed E-state index contributed by atoms with van der Waals surface area (Å²) in [6.07, 6.45) is 10.7. The van der Waals surface area contributed by atoms with Crippen LogP contribution < -0.4 is 10.5 Å². The maximum atomic E-state index is 13.1. The number of amides is 2. The van der Waals surface area contributed by atoms with Gasteiger partial charge in [-0.1, -0.05) is 43.5 Å². The van der Waals surface area contributed by atoms with Crippen LogP contribution in [0.5, 0.6) is 5.75 Å². The van der Waals surface area contributed by atoms with Crippen LogP contribution in [0.4, 0.5) is 0 Å². The van der Waals surface area contributed by atoms with Gasteiger partial charge >= 0.3 is 0 Å². The number of nitrogens with two attached hydrogens (primary N) is 1. The van der Waals surface area contributed by atoms with Crippen molar-refractivity contribution < 1.29 is 19.4 Å². The molecule has 1 heterocycles. The third-order valence-corrected chi connectivity index (χ3v) is 9.08. The largest absolute Gasteiger partial charge is 0.489 e. The number of aliphatic imine (C=N–C) groups is 1. The van der Waals surface area contributed by atoms with E-state index in [0.717, 1.165) is 74.9 Å². The van der Waals surface area contributed by atoms with Crippen LogP contribution in [0.1, 0.15) is 71.1 Å². The van der Waals surface area contributed by atoms with Crippen molar-refractivity contribution in [3.8, 4) is 5.75 Å². The Morgan fingerprint density at radius 3 is 2.52 bits per heavy atom. The fourth-order valence-corrected chi connectivity index (χ4v) is 6.49. The molecule has 1 saturated heterocycles. The van der Waals surface area contributed by atoms with Crippen molar-refractivity contribution in [3.05, 3.63) is 40.6 Å². The van der Waals surface area contributed by atoms with E-state index < -0.39 is 6.61 Å². The molecule has 4 rings (SSSR count). The van der Waals surface area contributed by atoms with Gasteiger partial charge in [0.2, 0.25) is 5.91 Å². The van der Waals surface area contributed by atoms with E-state index in [-0.39, 0.29) is 17.9 Å². The van der Waals surface area contributed by atoms with Crippen LogP contribution in [-0.4, -0.2) is 77.9 Å².